The van der Waals surface area contributed by atoms with Crippen molar-refractivity contribution in [1.29, 1.82) is 5.41 Å². The third-order valence-corrected chi connectivity index (χ3v) is 7.54. The fourth-order valence-electron chi connectivity index (χ4n) is 5.53. The van der Waals surface area contributed by atoms with Gasteiger partial charge >= 0.3 is 0 Å². The zero-order chi connectivity index (χ0) is 24.2. The van der Waals surface area contributed by atoms with Gasteiger partial charge in [0, 0.05) is 23.2 Å². The highest BCUT2D eigenvalue weighted by atomic mass is 16.3. The molecule has 2 aromatic carbocycles. The molecule has 0 radical (unpaired) electrons. The first-order valence-electron chi connectivity index (χ1n) is 12.9. The maximum atomic E-state index is 12.9. The molecule has 1 unspecified atom stereocenters. The van der Waals surface area contributed by atoms with Crippen LogP contribution in [-0.4, -0.2) is 34.2 Å². The van der Waals surface area contributed by atoms with Crippen molar-refractivity contribution in [1.82, 2.24) is 9.88 Å². The highest BCUT2D eigenvalue weighted by Gasteiger charge is 2.31. The topological polar surface area (TPSA) is 96.2 Å². The first kappa shape index (κ1) is 23.3. The summed E-state index contributed by atoms with van der Waals surface area (Å²) in [7, 11) is 0. The van der Waals surface area contributed by atoms with Crippen LogP contribution in [0.5, 0.6) is 0 Å². The number of carbonyl (C=O) groups excluding carboxylic acids is 1. The molecular formula is C29H34N4O2. The van der Waals surface area contributed by atoms with Crippen LogP contribution in [0.3, 0.4) is 0 Å². The van der Waals surface area contributed by atoms with Crippen LogP contribution >= 0.6 is 0 Å². The maximum absolute atomic E-state index is 12.9. The fraction of sp³-hybridized carbons (Fsp3) is 0.414. The Morgan fingerprint density at radius 2 is 1.83 bits per heavy atom. The second-order valence-corrected chi connectivity index (χ2v) is 9.97. The van der Waals surface area contributed by atoms with Crippen molar-refractivity contribution in [2.24, 2.45) is 11.7 Å². The number of rotatable bonds is 7. The van der Waals surface area contributed by atoms with Crippen molar-refractivity contribution in [3.8, 4) is 22.7 Å². The average molecular weight is 471 g/mol. The Hall–Kier alpha value is -3.41. The first-order valence-corrected chi connectivity index (χ1v) is 12.9. The van der Waals surface area contributed by atoms with E-state index >= 15 is 0 Å². The summed E-state index contributed by atoms with van der Waals surface area (Å²) < 4.78 is 5.80. The fourth-order valence-corrected chi connectivity index (χ4v) is 5.53. The number of hydrogen-bond acceptors (Lipinski definition) is 4. The summed E-state index contributed by atoms with van der Waals surface area (Å²) in [4.78, 5) is 19.3. The Labute approximate surface area is 207 Å². The van der Waals surface area contributed by atoms with Crippen molar-refractivity contribution >= 4 is 11.7 Å². The van der Waals surface area contributed by atoms with E-state index in [-0.39, 0.29) is 17.8 Å². The van der Waals surface area contributed by atoms with E-state index in [1.165, 1.54) is 44.1 Å². The lowest BCUT2D eigenvalue weighted by atomic mass is 9.85. The standard InChI is InChI=1S/C29H34N4O2/c30-27(31)26-10-5-17-33(26)29(34)23-15-13-22(14-16-23)28-32-25(19-35-28)24-9-4-8-21(18-24)12-11-20-6-2-1-3-7-20/h4,8-9,13-16,18-20,26H,1-3,5-7,10-12,17H2,(H3,30,31). The molecule has 3 N–H and O–H groups in total. The normalized spacial score (nSPS) is 18.6. The highest BCUT2D eigenvalue weighted by Crippen LogP contribution is 2.29. The number of oxazole rings is 1. The second-order valence-electron chi connectivity index (χ2n) is 9.97. The van der Waals surface area contributed by atoms with Gasteiger partial charge in [0.15, 0.2) is 0 Å². The number of amides is 1. The van der Waals surface area contributed by atoms with Crippen molar-refractivity contribution < 1.29 is 9.21 Å². The van der Waals surface area contributed by atoms with E-state index < -0.39 is 0 Å². The summed E-state index contributed by atoms with van der Waals surface area (Å²) >= 11 is 0. The zero-order valence-electron chi connectivity index (χ0n) is 20.2. The molecule has 182 valence electrons. The van der Waals surface area contributed by atoms with E-state index in [1.807, 2.05) is 12.1 Å². The van der Waals surface area contributed by atoms with Gasteiger partial charge in [0.05, 0.1) is 6.04 Å². The Balaban J connectivity index is 1.25. The van der Waals surface area contributed by atoms with E-state index in [0.717, 1.165) is 42.0 Å². The van der Waals surface area contributed by atoms with Gasteiger partial charge in [0.25, 0.3) is 5.91 Å². The van der Waals surface area contributed by atoms with Gasteiger partial charge in [0.2, 0.25) is 5.89 Å². The minimum Gasteiger partial charge on any atom is -0.444 e. The van der Waals surface area contributed by atoms with Crippen LogP contribution in [-0.2, 0) is 6.42 Å². The summed E-state index contributed by atoms with van der Waals surface area (Å²) in [6, 6.07) is 15.6. The van der Waals surface area contributed by atoms with E-state index in [1.54, 1.807) is 23.3 Å². The Kier molecular flexibility index (Phi) is 6.98. The molecule has 1 atom stereocenters. The average Bonchev–Trinajstić information content (AvgIpc) is 3.59. The van der Waals surface area contributed by atoms with E-state index in [0.29, 0.717) is 18.0 Å². The quantitative estimate of drug-likeness (QED) is 0.324. The van der Waals surface area contributed by atoms with Crippen LogP contribution in [0.2, 0.25) is 0 Å². The summed E-state index contributed by atoms with van der Waals surface area (Å²) in [5.41, 5.74) is 10.3. The van der Waals surface area contributed by atoms with Crippen LogP contribution in [0.4, 0.5) is 0 Å². The smallest absolute Gasteiger partial charge is 0.254 e. The molecule has 2 aliphatic rings. The molecule has 1 aliphatic heterocycles. The Bertz CT molecular complexity index is 1180. The number of amidine groups is 1. The molecule has 2 fully saturated rings. The zero-order valence-corrected chi connectivity index (χ0v) is 20.2. The molecule has 3 aromatic rings. The third-order valence-electron chi connectivity index (χ3n) is 7.54. The molecule has 5 rings (SSSR count). The predicted molar refractivity (Wildman–Crippen MR) is 138 cm³/mol. The van der Waals surface area contributed by atoms with Crippen LogP contribution in [0.15, 0.2) is 59.2 Å². The SMILES string of the molecule is N=C(N)C1CCCN1C(=O)c1ccc(-c2nc(-c3cccc(CCC4CCCCC4)c3)co2)cc1. The number of nitrogens with one attached hydrogen (secondary N) is 1. The maximum Gasteiger partial charge on any atom is 0.254 e. The van der Waals surface area contributed by atoms with Crippen molar-refractivity contribution in [2.45, 2.75) is 63.8 Å². The first-order chi connectivity index (χ1) is 17.1. The van der Waals surface area contributed by atoms with Gasteiger partial charge in [0.1, 0.15) is 17.8 Å². The molecule has 1 aromatic heterocycles. The number of nitrogens with zero attached hydrogens (tertiary/aromatic N) is 2. The molecule has 1 aliphatic carbocycles. The van der Waals surface area contributed by atoms with Gasteiger partial charge in [-0.3, -0.25) is 10.2 Å². The monoisotopic (exact) mass is 470 g/mol. The predicted octanol–water partition coefficient (Wildman–Crippen LogP) is 6.06. The van der Waals surface area contributed by atoms with Crippen LogP contribution < -0.4 is 5.73 Å². The van der Waals surface area contributed by atoms with E-state index in [2.05, 4.69) is 24.3 Å². The van der Waals surface area contributed by atoms with Crippen LogP contribution in [0.1, 0.15) is 67.3 Å². The van der Waals surface area contributed by atoms with Gasteiger partial charge in [-0.15, -0.1) is 0 Å². The molecule has 1 amide bonds. The van der Waals surface area contributed by atoms with Crippen molar-refractivity contribution in [2.75, 3.05) is 6.54 Å². The molecular weight excluding hydrogens is 436 g/mol. The van der Waals surface area contributed by atoms with Gasteiger partial charge in [-0.05, 0) is 67.5 Å². The number of hydrogen-bond donors (Lipinski definition) is 2. The third kappa shape index (κ3) is 5.31. The van der Waals surface area contributed by atoms with Gasteiger partial charge < -0.3 is 15.1 Å². The van der Waals surface area contributed by atoms with Gasteiger partial charge in [-0.2, -0.15) is 0 Å². The number of aromatic nitrogens is 1. The summed E-state index contributed by atoms with van der Waals surface area (Å²) in [6.45, 7) is 0.633. The molecule has 2 heterocycles. The molecule has 6 nitrogen and oxygen atoms in total. The van der Waals surface area contributed by atoms with E-state index in [4.69, 9.17) is 20.5 Å². The van der Waals surface area contributed by atoms with Gasteiger partial charge in [-0.25, -0.2) is 4.98 Å². The van der Waals surface area contributed by atoms with Gasteiger partial charge in [-0.1, -0.05) is 50.3 Å². The van der Waals surface area contributed by atoms with Crippen molar-refractivity contribution in [3.05, 3.63) is 65.9 Å². The second kappa shape index (κ2) is 10.5. The summed E-state index contributed by atoms with van der Waals surface area (Å²) in [5, 5.41) is 7.74. The minimum absolute atomic E-state index is 0.0536. The lowest BCUT2D eigenvalue weighted by Crippen LogP contribution is -2.43. The highest BCUT2D eigenvalue weighted by molar-refractivity contribution is 5.98. The van der Waals surface area contributed by atoms with Crippen LogP contribution in [0.25, 0.3) is 22.7 Å². The number of aryl methyl sites for hydroxylation is 1. The lowest BCUT2D eigenvalue weighted by molar-refractivity contribution is 0.0769. The van der Waals surface area contributed by atoms with Crippen molar-refractivity contribution in [3.63, 3.8) is 0 Å². The molecule has 6 heteroatoms. The molecule has 35 heavy (non-hydrogen) atoms. The Morgan fingerprint density at radius 1 is 1.03 bits per heavy atom. The summed E-state index contributed by atoms with van der Waals surface area (Å²) in [6.07, 6.45) is 12.6. The Morgan fingerprint density at radius 3 is 2.60 bits per heavy atom. The number of benzene rings is 2. The molecule has 0 bridgehead atoms. The number of nitrogens with two attached hydrogens (primary N) is 1. The lowest BCUT2D eigenvalue weighted by Gasteiger charge is -2.23. The number of likely N-dealkylation sites (tertiary alicyclic amines) is 1. The minimum atomic E-state index is -0.296. The largest absolute Gasteiger partial charge is 0.444 e. The number of carbonyl (C=O) groups is 1. The molecule has 0 spiro atoms. The summed E-state index contributed by atoms with van der Waals surface area (Å²) in [5.74, 6) is 1.37. The molecule has 1 saturated carbocycles. The van der Waals surface area contributed by atoms with E-state index in [9.17, 15) is 4.79 Å². The van der Waals surface area contributed by atoms with Crippen LogP contribution in [0, 0.1) is 11.3 Å². The molecule has 1 saturated heterocycles.